The summed E-state index contributed by atoms with van der Waals surface area (Å²) in [6.07, 6.45) is -4.52. The monoisotopic (exact) mass is 271 g/mol. The van der Waals surface area contributed by atoms with Crippen molar-refractivity contribution in [3.63, 3.8) is 0 Å². The van der Waals surface area contributed by atoms with E-state index in [9.17, 15) is 24.5 Å². The fourth-order valence-electron chi connectivity index (χ4n) is 1.53. The van der Waals surface area contributed by atoms with Crippen LogP contribution in [-0.2, 0) is 4.79 Å². The highest BCUT2D eigenvalue weighted by atomic mass is 32.2. The number of carbonyl (C=O) groups excluding carboxylic acids is 1. The number of hydrogen-bond acceptors (Lipinski definition) is 6. The van der Waals surface area contributed by atoms with E-state index in [4.69, 9.17) is 5.11 Å². The van der Waals surface area contributed by atoms with Crippen LogP contribution in [0.1, 0.15) is 8.35 Å². The number of halogens is 1. The second-order valence-electron chi connectivity index (χ2n) is 3.88. The Bertz CT molecular complexity index is 286. The molecule has 6 atom stereocenters. The van der Waals surface area contributed by atoms with E-state index in [1.165, 1.54) is 0 Å². The Labute approximate surface area is 103 Å². The van der Waals surface area contributed by atoms with Gasteiger partial charge in [0.15, 0.2) is 6.17 Å². The molecule has 0 aromatic carbocycles. The summed E-state index contributed by atoms with van der Waals surface area (Å²) in [6.45, 7) is 0.608. The number of carbonyl (C=O) groups is 1. The molecule has 0 radical (unpaired) electrons. The summed E-state index contributed by atoms with van der Waals surface area (Å²) in [5.74, 6) is -0.969. The highest BCUT2D eigenvalue weighted by molar-refractivity contribution is 8.00. The lowest BCUT2D eigenvalue weighted by Gasteiger charge is -2.39. The van der Waals surface area contributed by atoms with Crippen molar-refractivity contribution < 1.29 is 31.0 Å². The van der Waals surface area contributed by atoms with Crippen LogP contribution in [-0.4, -0.2) is 68.0 Å². The Morgan fingerprint density at radius 2 is 2.06 bits per heavy atom. The number of thioether (sulfide) groups is 1. The first-order valence-corrected chi connectivity index (χ1v) is 6.07. The Kier molecular flexibility index (Phi) is 5.14. The van der Waals surface area contributed by atoms with Gasteiger partial charge in [-0.1, -0.05) is 0 Å². The largest absolute Gasteiger partial charge is 0.395 e. The smallest absolute Gasteiger partial charge is 0.254 e. The second kappa shape index (κ2) is 5.96. The van der Waals surface area contributed by atoms with E-state index < -0.39 is 47.6 Å². The molecule has 4 unspecified atom stereocenters. The number of nitrogens with one attached hydrogen (secondary N) is 1. The Balaban J connectivity index is 0.00000289. The van der Waals surface area contributed by atoms with E-state index in [2.05, 4.69) is 5.32 Å². The van der Waals surface area contributed by atoms with Gasteiger partial charge in [0.05, 0.1) is 24.0 Å². The standard InChI is InChI=1S/C9H16FNO5S.H2/c1-3(10)8(15)11-5-7(14)6(13)4(2-12)17-9(5)16;/h3-7,9,12-14,16H,2H2,1H3,(H,11,15);1H/t3?,4?,5?,6-,7-,9?;/m1./s1. The summed E-state index contributed by atoms with van der Waals surface area (Å²) in [6, 6.07) is -1.16. The SMILES string of the molecule is CC(F)C(=O)NC1C(O)SC(CO)[C@@H](O)[C@@H]1O.[HH]. The molecule has 102 valence electrons. The molecule has 1 fully saturated rings. The van der Waals surface area contributed by atoms with Gasteiger partial charge in [0.2, 0.25) is 0 Å². The maximum atomic E-state index is 12.7. The average molecular weight is 271 g/mol. The van der Waals surface area contributed by atoms with E-state index in [0.29, 0.717) is 0 Å². The maximum Gasteiger partial charge on any atom is 0.254 e. The van der Waals surface area contributed by atoms with Gasteiger partial charge in [-0.25, -0.2) is 4.39 Å². The zero-order valence-electron chi connectivity index (χ0n) is 9.15. The third-order valence-electron chi connectivity index (χ3n) is 2.57. The van der Waals surface area contributed by atoms with Crippen molar-refractivity contribution in [3.8, 4) is 0 Å². The van der Waals surface area contributed by atoms with Crippen molar-refractivity contribution in [2.45, 2.75) is 42.0 Å². The third kappa shape index (κ3) is 3.29. The number of aliphatic hydroxyl groups is 4. The topological polar surface area (TPSA) is 110 Å². The lowest BCUT2D eigenvalue weighted by molar-refractivity contribution is -0.129. The Morgan fingerprint density at radius 1 is 1.47 bits per heavy atom. The van der Waals surface area contributed by atoms with Crippen LogP contribution in [0.15, 0.2) is 0 Å². The molecule has 1 aliphatic rings. The molecule has 0 aromatic rings. The molecule has 0 aromatic heterocycles. The molecule has 8 heteroatoms. The maximum absolute atomic E-state index is 12.7. The van der Waals surface area contributed by atoms with Gasteiger partial charge in [-0.05, 0) is 6.92 Å². The number of hydrogen-bond donors (Lipinski definition) is 5. The molecule has 1 amide bonds. The average Bonchev–Trinajstić information content (AvgIpc) is 2.28. The fraction of sp³-hybridized carbons (Fsp3) is 0.889. The van der Waals surface area contributed by atoms with Crippen molar-refractivity contribution in [3.05, 3.63) is 0 Å². The van der Waals surface area contributed by atoms with Crippen LogP contribution in [0.5, 0.6) is 0 Å². The van der Waals surface area contributed by atoms with Gasteiger partial charge in [-0.3, -0.25) is 4.79 Å². The minimum absolute atomic E-state index is 0. The van der Waals surface area contributed by atoms with Crippen LogP contribution >= 0.6 is 11.8 Å². The van der Waals surface area contributed by atoms with Gasteiger partial charge in [0.1, 0.15) is 11.5 Å². The summed E-state index contributed by atoms with van der Waals surface area (Å²) in [5, 5.41) is 39.2. The van der Waals surface area contributed by atoms with Gasteiger partial charge in [-0.2, -0.15) is 0 Å². The van der Waals surface area contributed by atoms with Gasteiger partial charge in [0, 0.05) is 1.43 Å². The van der Waals surface area contributed by atoms with Crippen LogP contribution < -0.4 is 5.32 Å². The molecule has 0 aliphatic carbocycles. The Morgan fingerprint density at radius 3 is 2.53 bits per heavy atom. The molecule has 1 rings (SSSR count). The third-order valence-corrected chi connectivity index (χ3v) is 3.92. The normalized spacial score (nSPS) is 39.8. The van der Waals surface area contributed by atoms with Crippen molar-refractivity contribution in [2.24, 2.45) is 0 Å². The molecule has 1 saturated heterocycles. The first kappa shape index (κ1) is 14.7. The highest BCUT2D eigenvalue weighted by Crippen LogP contribution is 2.31. The van der Waals surface area contributed by atoms with Gasteiger partial charge < -0.3 is 25.7 Å². The molecular weight excluding hydrogens is 253 g/mol. The van der Waals surface area contributed by atoms with E-state index in [1.54, 1.807) is 0 Å². The van der Waals surface area contributed by atoms with Crippen LogP contribution in [0, 0.1) is 0 Å². The molecule has 6 nitrogen and oxygen atoms in total. The van der Waals surface area contributed by atoms with Crippen molar-refractivity contribution in [1.82, 2.24) is 5.32 Å². The van der Waals surface area contributed by atoms with Gasteiger partial charge in [-0.15, -0.1) is 11.8 Å². The summed E-state index contributed by atoms with van der Waals surface area (Å²) < 4.78 is 12.7. The van der Waals surface area contributed by atoms with Crippen molar-refractivity contribution in [2.75, 3.05) is 6.61 Å². The van der Waals surface area contributed by atoms with Gasteiger partial charge >= 0.3 is 0 Å². The molecule has 5 N–H and O–H groups in total. The highest BCUT2D eigenvalue weighted by Gasteiger charge is 2.44. The molecule has 0 spiro atoms. The summed E-state index contributed by atoms with van der Waals surface area (Å²) in [4.78, 5) is 11.1. The van der Waals surface area contributed by atoms with Crippen LogP contribution in [0.25, 0.3) is 0 Å². The molecule has 0 saturated carbocycles. The van der Waals surface area contributed by atoms with E-state index in [0.717, 1.165) is 18.7 Å². The van der Waals surface area contributed by atoms with Crippen LogP contribution in [0.3, 0.4) is 0 Å². The summed E-state index contributed by atoms with van der Waals surface area (Å²) in [7, 11) is 0. The zero-order valence-corrected chi connectivity index (χ0v) is 9.97. The van der Waals surface area contributed by atoms with Crippen molar-refractivity contribution in [1.29, 1.82) is 0 Å². The summed E-state index contributed by atoms with van der Waals surface area (Å²) >= 11 is 0.818. The molecule has 1 aliphatic heterocycles. The molecular formula is C9H18FNO5S. The first-order valence-electron chi connectivity index (χ1n) is 5.13. The number of alkyl halides is 1. The van der Waals surface area contributed by atoms with Crippen LogP contribution in [0.2, 0.25) is 0 Å². The Hall–Kier alpha value is -0.410. The number of rotatable bonds is 3. The lowest BCUT2D eigenvalue weighted by atomic mass is 10.0. The number of aliphatic hydroxyl groups excluding tert-OH is 4. The van der Waals surface area contributed by atoms with Crippen molar-refractivity contribution >= 4 is 17.7 Å². The van der Waals surface area contributed by atoms with E-state index in [-0.39, 0.29) is 1.43 Å². The fourth-order valence-corrected chi connectivity index (χ4v) is 2.70. The summed E-state index contributed by atoms with van der Waals surface area (Å²) in [5.41, 5.74) is -1.21. The minimum Gasteiger partial charge on any atom is -0.395 e. The predicted octanol–water partition coefficient (Wildman–Crippen LogP) is -1.78. The van der Waals surface area contributed by atoms with E-state index >= 15 is 0 Å². The van der Waals surface area contributed by atoms with Crippen LogP contribution in [0.4, 0.5) is 4.39 Å². The lowest BCUT2D eigenvalue weighted by Crippen LogP contribution is -2.61. The minimum atomic E-state index is -1.77. The van der Waals surface area contributed by atoms with Gasteiger partial charge in [0.25, 0.3) is 5.91 Å². The zero-order chi connectivity index (χ0) is 13.2. The molecule has 1 heterocycles. The van der Waals surface area contributed by atoms with E-state index in [1.807, 2.05) is 0 Å². The first-order chi connectivity index (χ1) is 7.88. The molecule has 0 bridgehead atoms. The quantitative estimate of drug-likeness (QED) is 0.415. The second-order valence-corrected chi connectivity index (χ2v) is 5.24. The predicted molar refractivity (Wildman–Crippen MR) is 61.1 cm³/mol. The number of amides is 1. The molecule has 17 heavy (non-hydrogen) atoms.